The van der Waals surface area contributed by atoms with Crippen molar-refractivity contribution in [2.45, 2.75) is 26.2 Å². The minimum Gasteiger partial charge on any atom is -0.685 e. The minimum atomic E-state index is -0.562. The number of fused-ring (bicyclic) bond motifs is 1. The molecule has 6 nitrogen and oxygen atoms in total. The number of hydrogen-bond donors (Lipinski definition) is 2. The molecule has 16 heavy (non-hydrogen) atoms. The molecule has 0 aliphatic rings. The molecular weight excluding hydrogens is 228 g/mol. The van der Waals surface area contributed by atoms with Gasteiger partial charge in [0.1, 0.15) is 5.52 Å². The van der Waals surface area contributed by atoms with E-state index < -0.39 is 11.2 Å². The van der Waals surface area contributed by atoms with Crippen molar-refractivity contribution in [3.8, 4) is 0 Å². The Kier molecular flexibility index (Phi) is 2.78. The number of hydrogen-bond acceptors (Lipinski definition) is 4. The number of aromatic nitrogens is 4. The van der Waals surface area contributed by atoms with E-state index in [1.165, 1.54) is 3.97 Å². The molecule has 0 aromatic carbocycles. The number of nitrogens with one attached hydrogen (secondary N) is 2. The molecule has 0 aliphatic heterocycles. The fourth-order valence-corrected chi connectivity index (χ4v) is 1.83. The van der Waals surface area contributed by atoms with Crippen molar-refractivity contribution in [3.05, 3.63) is 26.7 Å². The molecule has 0 saturated carbocycles. The van der Waals surface area contributed by atoms with Gasteiger partial charge in [0.25, 0.3) is 5.56 Å². The number of aromatic amines is 2. The first kappa shape index (κ1) is 10.9. The van der Waals surface area contributed by atoms with Gasteiger partial charge in [-0.2, -0.15) is 0 Å². The monoisotopic (exact) mass is 239 g/mol. The maximum Gasteiger partial charge on any atom is 0.327 e. The molecule has 2 heterocycles. The number of nitrogens with zero attached hydrogens (tertiary/aromatic N) is 2. The van der Waals surface area contributed by atoms with Crippen molar-refractivity contribution >= 4 is 24.0 Å². The predicted octanol–water partition coefficient (Wildman–Crippen LogP) is 0.0655. The average Bonchev–Trinajstić information content (AvgIpc) is 2.52. The van der Waals surface area contributed by atoms with E-state index in [-0.39, 0.29) is 11.2 Å². The molecule has 2 rings (SSSR count). The number of imidazole rings is 1. The highest BCUT2D eigenvalue weighted by molar-refractivity contribution is 7.57. The molecule has 7 heteroatoms. The predicted molar refractivity (Wildman–Crippen MR) is 62.3 cm³/mol. The lowest BCUT2D eigenvalue weighted by molar-refractivity contribution is 0.758. The van der Waals surface area contributed by atoms with Gasteiger partial charge >= 0.3 is 5.69 Å². The fourth-order valence-electron chi connectivity index (χ4n) is 1.53. The molecule has 0 fully saturated rings. The van der Waals surface area contributed by atoms with Crippen LogP contribution in [0.15, 0.2) is 9.59 Å². The van der Waals surface area contributed by atoms with Gasteiger partial charge in [-0.15, -0.1) is 0 Å². The molecule has 2 aromatic rings. The van der Waals surface area contributed by atoms with Gasteiger partial charge in [-0.25, -0.2) is 9.78 Å². The summed E-state index contributed by atoms with van der Waals surface area (Å²) in [5, 5.41) is 0. The summed E-state index contributed by atoms with van der Waals surface area (Å²) in [6, 6.07) is 0. The van der Waals surface area contributed by atoms with Crippen LogP contribution in [0, 0.1) is 0 Å². The Morgan fingerprint density at radius 2 is 2.12 bits per heavy atom. The molecule has 0 saturated heterocycles. The van der Waals surface area contributed by atoms with Crippen molar-refractivity contribution in [2.24, 2.45) is 0 Å². The van der Waals surface area contributed by atoms with Crippen LogP contribution in [0.1, 0.15) is 25.6 Å². The second-order valence-corrected chi connectivity index (χ2v) is 3.90. The van der Waals surface area contributed by atoms with Gasteiger partial charge in [0.15, 0.2) is 5.65 Å². The topological polar surface area (TPSA) is 83.5 Å². The van der Waals surface area contributed by atoms with Crippen LogP contribution in [0.3, 0.4) is 0 Å². The van der Waals surface area contributed by atoms with E-state index in [1.54, 1.807) is 0 Å². The largest absolute Gasteiger partial charge is 0.685 e. The SMILES string of the molecule is CCCCc1nc2[nH]c(=O)[nH]c(=O)c2n1[S-]. The molecule has 0 atom stereocenters. The van der Waals surface area contributed by atoms with Crippen LogP contribution in [-0.2, 0) is 19.2 Å². The van der Waals surface area contributed by atoms with Crippen molar-refractivity contribution in [1.82, 2.24) is 18.9 Å². The van der Waals surface area contributed by atoms with Crippen LogP contribution < -0.4 is 11.2 Å². The maximum absolute atomic E-state index is 11.5. The summed E-state index contributed by atoms with van der Waals surface area (Å²) < 4.78 is 1.32. The van der Waals surface area contributed by atoms with Crippen LogP contribution in [-0.4, -0.2) is 18.9 Å². The van der Waals surface area contributed by atoms with E-state index in [1.807, 2.05) is 0 Å². The van der Waals surface area contributed by atoms with Crippen LogP contribution in [0.5, 0.6) is 0 Å². The lowest BCUT2D eigenvalue weighted by Crippen LogP contribution is -2.22. The summed E-state index contributed by atoms with van der Waals surface area (Å²) in [5.74, 6) is 0.638. The normalized spacial score (nSPS) is 11.1. The van der Waals surface area contributed by atoms with Crippen molar-refractivity contribution < 1.29 is 0 Å². The third-order valence-corrected chi connectivity index (χ3v) is 2.72. The second kappa shape index (κ2) is 4.09. The van der Waals surface area contributed by atoms with Gasteiger partial charge in [0.05, 0.1) is 5.82 Å². The summed E-state index contributed by atoms with van der Waals surface area (Å²) in [6.45, 7) is 2.06. The first-order chi connectivity index (χ1) is 7.63. The number of rotatable bonds is 3. The van der Waals surface area contributed by atoms with Crippen molar-refractivity contribution in [2.75, 3.05) is 0 Å². The number of aryl methyl sites for hydroxylation is 1. The molecule has 2 aromatic heterocycles. The van der Waals surface area contributed by atoms with Crippen LogP contribution >= 0.6 is 0 Å². The fraction of sp³-hybridized carbons (Fsp3) is 0.444. The van der Waals surface area contributed by atoms with Gasteiger partial charge in [0, 0.05) is 6.42 Å². The highest BCUT2D eigenvalue weighted by atomic mass is 32.1. The Balaban J connectivity index is 2.63. The quantitative estimate of drug-likeness (QED) is 0.742. The van der Waals surface area contributed by atoms with Crippen LogP contribution in [0.2, 0.25) is 0 Å². The Bertz CT molecular complexity index is 624. The van der Waals surface area contributed by atoms with E-state index >= 15 is 0 Å². The highest BCUT2D eigenvalue weighted by Gasteiger charge is 2.08. The third-order valence-electron chi connectivity index (χ3n) is 2.33. The first-order valence-electron chi connectivity index (χ1n) is 5.05. The molecular formula is C9H11N4O2S-. The Labute approximate surface area is 96.3 Å². The van der Waals surface area contributed by atoms with Gasteiger partial charge in [0.2, 0.25) is 0 Å². The first-order valence-corrected chi connectivity index (χ1v) is 5.41. The highest BCUT2D eigenvalue weighted by Crippen LogP contribution is 2.09. The zero-order chi connectivity index (χ0) is 11.7. The molecule has 0 bridgehead atoms. The average molecular weight is 239 g/mol. The van der Waals surface area contributed by atoms with E-state index in [0.29, 0.717) is 12.2 Å². The molecule has 0 radical (unpaired) electrons. The molecule has 2 N–H and O–H groups in total. The zero-order valence-corrected chi connectivity index (χ0v) is 9.56. The molecule has 0 aliphatic carbocycles. The van der Waals surface area contributed by atoms with Crippen LogP contribution in [0.4, 0.5) is 0 Å². The van der Waals surface area contributed by atoms with E-state index in [4.69, 9.17) is 12.8 Å². The summed E-state index contributed by atoms with van der Waals surface area (Å²) in [5.41, 5.74) is -0.563. The second-order valence-electron chi connectivity index (χ2n) is 3.53. The van der Waals surface area contributed by atoms with Crippen molar-refractivity contribution in [1.29, 1.82) is 0 Å². The summed E-state index contributed by atoms with van der Waals surface area (Å²) in [6.07, 6.45) is 2.67. The van der Waals surface area contributed by atoms with Gasteiger partial charge in [-0.05, 0) is 6.42 Å². The van der Waals surface area contributed by atoms with Crippen molar-refractivity contribution in [3.63, 3.8) is 0 Å². The van der Waals surface area contributed by atoms with Crippen LogP contribution in [0.25, 0.3) is 11.2 Å². The lowest BCUT2D eigenvalue weighted by atomic mass is 10.2. The zero-order valence-electron chi connectivity index (χ0n) is 8.74. The van der Waals surface area contributed by atoms with E-state index in [9.17, 15) is 9.59 Å². The maximum atomic E-state index is 11.5. The number of H-pyrrole nitrogens is 2. The summed E-state index contributed by atoms with van der Waals surface area (Å²) in [7, 11) is 0. The summed E-state index contributed by atoms with van der Waals surface area (Å²) >= 11 is 5.08. The molecule has 0 spiro atoms. The van der Waals surface area contributed by atoms with Gasteiger partial charge < -0.3 is 16.8 Å². The van der Waals surface area contributed by atoms with E-state index in [2.05, 4.69) is 21.9 Å². The third kappa shape index (κ3) is 1.73. The smallest absolute Gasteiger partial charge is 0.327 e. The lowest BCUT2D eigenvalue weighted by Gasteiger charge is -2.11. The molecule has 0 unspecified atom stereocenters. The Morgan fingerprint density at radius 3 is 2.81 bits per heavy atom. The molecule has 86 valence electrons. The molecule has 0 amide bonds. The van der Waals surface area contributed by atoms with Gasteiger partial charge in [-0.3, -0.25) is 14.8 Å². The Morgan fingerprint density at radius 1 is 1.38 bits per heavy atom. The Hall–Kier alpha value is -1.63. The number of unbranched alkanes of at least 4 members (excludes halogenated alkanes) is 1. The van der Waals surface area contributed by atoms with Gasteiger partial charge in [-0.1, -0.05) is 13.3 Å². The van der Waals surface area contributed by atoms with E-state index in [0.717, 1.165) is 12.8 Å². The summed E-state index contributed by atoms with van der Waals surface area (Å²) in [4.78, 5) is 31.3. The standard InChI is InChI=1S/C9H11N4O2S/c1-2-3-4-5-10-7-6(13(5)16)8(14)12-9(15)11-7/h2-4H2,1H3,(H2,11,12,14,15)/q-1. The minimum absolute atomic E-state index is 0.237.